The number of rotatable bonds is 9. The number of para-hydroxylation sites is 1. The topological polar surface area (TPSA) is 77.1 Å². The van der Waals surface area contributed by atoms with Gasteiger partial charge in [0.1, 0.15) is 17.2 Å². The van der Waals surface area contributed by atoms with E-state index in [1.165, 1.54) is 0 Å². The molecule has 0 saturated carbocycles. The smallest absolute Gasteiger partial charge is 0.254 e. The first-order valence-corrected chi connectivity index (χ1v) is 10.6. The Balaban J connectivity index is 1.40. The van der Waals surface area contributed by atoms with Gasteiger partial charge in [0.15, 0.2) is 0 Å². The Bertz CT molecular complexity index is 841. The van der Waals surface area contributed by atoms with Crippen molar-refractivity contribution < 1.29 is 23.8 Å². The van der Waals surface area contributed by atoms with E-state index >= 15 is 0 Å². The molecule has 0 spiro atoms. The zero-order chi connectivity index (χ0) is 22.1. The van der Waals surface area contributed by atoms with Crippen molar-refractivity contribution in [1.29, 1.82) is 0 Å². The van der Waals surface area contributed by atoms with Crippen LogP contribution in [0, 0.1) is 0 Å². The summed E-state index contributed by atoms with van der Waals surface area (Å²) in [6.45, 7) is 1.70. The van der Waals surface area contributed by atoms with Gasteiger partial charge in [-0.3, -0.25) is 9.59 Å². The van der Waals surface area contributed by atoms with Crippen LogP contribution in [0.25, 0.3) is 0 Å². The summed E-state index contributed by atoms with van der Waals surface area (Å²) in [6, 6.07) is 14.8. The number of hydrogen-bond donors (Lipinski definition) is 1. The minimum atomic E-state index is -0.0555. The van der Waals surface area contributed by atoms with Crippen LogP contribution in [0.15, 0.2) is 48.5 Å². The molecule has 2 aromatic rings. The number of benzene rings is 2. The fourth-order valence-electron chi connectivity index (χ4n) is 3.58. The largest absolute Gasteiger partial charge is 0.497 e. The third-order valence-corrected chi connectivity index (χ3v) is 5.31. The number of nitrogens with one attached hydrogen (secondary N) is 1. The third kappa shape index (κ3) is 6.64. The van der Waals surface area contributed by atoms with Crippen LogP contribution in [0.5, 0.6) is 17.2 Å². The van der Waals surface area contributed by atoms with Gasteiger partial charge in [0, 0.05) is 37.2 Å². The van der Waals surface area contributed by atoms with Gasteiger partial charge >= 0.3 is 0 Å². The average Bonchev–Trinajstić information content (AvgIpc) is 2.82. The van der Waals surface area contributed by atoms with Crippen molar-refractivity contribution in [2.45, 2.75) is 31.7 Å². The van der Waals surface area contributed by atoms with Crippen molar-refractivity contribution in [3.05, 3.63) is 54.1 Å². The van der Waals surface area contributed by atoms with E-state index < -0.39 is 0 Å². The molecule has 0 radical (unpaired) electrons. The van der Waals surface area contributed by atoms with Crippen LogP contribution in [-0.4, -0.2) is 56.7 Å². The highest BCUT2D eigenvalue weighted by Crippen LogP contribution is 2.24. The summed E-state index contributed by atoms with van der Waals surface area (Å²) >= 11 is 0. The Morgan fingerprint density at radius 2 is 1.61 bits per heavy atom. The minimum Gasteiger partial charge on any atom is -0.497 e. The molecular weight excluding hydrogens is 396 g/mol. The maximum absolute atomic E-state index is 12.9. The second-order valence-electron chi connectivity index (χ2n) is 7.50. The number of likely N-dealkylation sites (tertiary alicyclic amines) is 1. The molecule has 166 valence electrons. The molecular formula is C24H30N2O5. The number of piperidine rings is 1. The lowest BCUT2D eigenvalue weighted by Gasteiger charge is -2.32. The van der Waals surface area contributed by atoms with Crippen LogP contribution >= 0.6 is 0 Å². The number of carbonyl (C=O) groups is 2. The first-order chi connectivity index (χ1) is 15.1. The molecule has 0 bridgehead atoms. The normalized spacial score (nSPS) is 14.1. The molecule has 0 aromatic heterocycles. The monoisotopic (exact) mass is 426 g/mol. The Hall–Kier alpha value is -3.22. The zero-order valence-corrected chi connectivity index (χ0v) is 18.1. The lowest BCUT2D eigenvalue weighted by Crippen LogP contribution is -2.46. The van der Waals surface area contributed by atoms with E-state index in [0.29, 0.717) is 49.6 Å². The molecule has 1 aliphatic rings. The van der Waals surface area contributed by atoms with Crippen LogP contribution in [0.4, 0.5) is 0 Å². The number of ether oxygens (including phenoxy) is 3. The summed E-state index contributed by atoms with van der Waals surface area (Å²) in [5, 5.41) is 3.08. The first kappa shape index (κ1) is 22.5. The number of carbonyl (C=O) groups excluding carboxylic acids is 2. The van der Waals surface area contributed by atoms with Gasteiger partial charge in [0.25, 0.3) is 5.91 Å². The highest BCUT2D eigenvalue weighted by Gasteiger charge is 2.25. The van der Waals surface area contributed by atoms with Crippen molar-refractivity contribution in [3.8, 4) is 17.2 Å². The molecule has 31 heavy (non-hydrogen) atoms. The van der Waals surface area contributed by atoms with E-state index in [1.807, 2.05) is 35.2 Å². The molecule has 7 heteroatoms. The van der Waals surface area contributed by atoms with Crippen LogP contribution in [-0.2, 0) is 4.79 Å². The van der Waals surface area contributed by atoms with Gasteiger partial charge in [0.2, 0.25) is 5.91 Å². The Morgan fingerprint density at radius 3 is 2.23 bits per heavy atom. The number of hydrogen-bond acceptors (Lipinski definition) is 5. The highest BCUT2D eigenvalue weighted by atomic mass is 16.5. The molecule has 1 N–H and O–H groups in total. The van der Waals surface area contributed by atoms with E-state index in [2.05, 4.69) is 5.32 Å². The molecule has 3 rings (SSSR count). The first-order valence-electron chi connectivity index (χ1n) is 10.6. The lowest BCUT2D eigenvalue weighted by atomic mass is 10.0. The molecule has 0 unspecified atom stereocenters. The number of nitrogens with zero attached hydrogens (tertiary/aromatic N) is 1. The van der Waals surface area contributed by atoms with E-state index in [9.17, 15) is 9.59 Å². The predicted octanol–water partition coefficient (Wildman–Crippen LogP) is 3.28. The van der Waals surface area contributed by atoms with Gasteiger partial charge < -0.3 is 24.4 Å². The van der Waals surface area contributed by atoms with Crippen LogP contribution < -0.4 is 19.5 Å². The van der Waals surface area contributed by atoms with Crippen LogP contribution in [0.2, 0.25) is 0 Å². The van der Waals surface area contributed by atoms with Crippen molar-refractivity contribution in [3.63, 3.8) is 0 Å². The summed E-state index contributed by atoms with van der Waals surface area (Å²) in [5.74, 6) is 1.95. The van der Waals surface area contributed by atoms with Gasteiger partial charge in [-0.05, 0) is 43.5 Å². The molecule has 2 amide bonds. The molecule has 1 heterocycles. The van der Waals surface area contributed by atoms with Crippen LogP contribution in [0.3, 0.4) is 0 Å². The summed E-state index contributed by atoms with van der Waals surface area (Å²) in [7, 11) is 3.12. The van der Waals surface area contributed by atoms with Crippen molar-refractivity contribution in [2.24, 2.45) is 0 Å². The molecule has 2 aromatic carbocycles. The van der Waals surface area contributed by atoms with Crippen molar-refractivity contribution >= 4 is 11.8 Å². The number of methoxy groups -OCH3 is 2. The zero-order valence-electron chi connectivity index (χ0n) is 18.1. The van der Waals surface area contributed by atoms with E-state index in [4.69, 9.17) is 14.2 Å². The fraction of sp³-hybridized carbons (Fsp3) is 0.417. The summed E-state index contributed by atoms with van der Waals surface area (Å²) in [6.07, 6.45) is 2.56. The molecule has 1 aliphatic heterocycles. The lowest BCUT2D eigenvalue weighted by molar-refractivity contribution is -0.122. The third-order valence-electron chi connectivity index (χ3n) is 5.31. The van der Waals surface area contributed by atoms with Gasteiger partial charge in [-0.15, -0.1) is 0 Å². The average molecular weight is 427 g/mol. The molecule has 0 atom stereocenters. The standard InChI is InChI=1S/C24H30N2O5/c1-29-21-15-18(16-22(17-21)30-2)24(28)26-12-10-19(11-13-26)25-23(27)9-6-14-31-20-7-4-3-5-8-20/h3-5,7-8,15-17,19H,6,9-14H2,1-2H3,(H,25,27). The second kappa shape index (κ2) is 11.2. The van der Waals surface area contributed by atoms with Gasteiger partial charge in [-0.2, -0.15) is 0 Å². The van der Waals surface area contributed by atoms with Gasteiger partial charge in [-0.25, -0.2) is 0 Å². The molecule has 7 nitrogen and oxygen atoms in total. The summed E-state index contributed by atoms with van der Waals surface area (Å²) < 4.78 is 16.1. The van der Waals surface area contributed by atoms with Crippen molar-refractivity contribution in [1.82, 2.24) is 10.2 Å². The maximum Gasteiger partial charge on any atom is 0.254 e. The van der Waals surface area contributed by atoms with Gasteiger partial charge in [0.05, 0.1) is 20.8 Å². The van der Waals surface area contributed by atoms with E-state index in [0.717, 1.165) is 18.6 Å². The highest BCUT2D eigenvalue weighted by molar-refractivity contribution is 5.95. The molecule has 0 aliphatic carbocycles. The Labute approximate surface area is 183 Å². The number of amides is 2. The van der Waals surface area contributed by atoms with Crippen molar-refractivity contribution in [2.75, 3.05) is 33.9 Å². The SMILES string of the molecule is COc1cc(OC)cc(C(=O)N2CCC(NC(=O)CCCOc3ccccc3)CC2)c1. The Morgan fingerprint density at radius 1 is 0.968 bits per heavy atom. The van der Waals surface area contributed by atoms with E-state index in [-0.39, 0.29) is 17.9 Å². The summed E-state index contributed by atoms with van der Waals surface area (Å²) in [5.41, 5.74) is 0.539. The molecule has 1 saturated heterocycles. The minimum absolute atomic E-state index is 0.0268. The maximum atomic E-state index is 12.9. The van der Waals surface area contributed by atoms with Crippen LogP contribution in [0.1, 0.15) is 36.0 Å². The second-order valence-corrected chi connectivity index (χ2v) is 7.50. The summed E-state index contributed by atoms with van der Waals surface area (Å²) in [4.78, 5) is 26.9. The quantitative estimate of drug-likeness (QED) is 0.623. The molecule has 1 fully saturated rings. The fourth-order valence-corrected chi connectivity index (χ4v) is 3.58. The predicted molar refractivity (Wildman–Crippen MR) is 118 cm³/mol. The van der Waals surface area contributed by atoms with Gasteiger partial charge in [-0.1, -0.05) is 18.2 Å². The van der Waals surface area contributed by atoms with E-state index in [1.54, 1.807) is 32.4 Å². The Kier molecular flexibility index (Phi) is 8.15.